The maximum absolute atomic E-state index is 10.8. The molecule has 0 aliphatic rings. The summed E-state index contributed by atoms with van der Waals surface area (Å²) in [4.78, 5) is 0. The maximum Gasteiger partial charge on any atom is 0.379 e. The standard InChI is InChI=1S/CH2Cl3O5PS/c2-8-10(5,9-3)1-11(4,6)7/h1H2. The molecule has 0 fully saturated rings. The Hall–Kier alpha value is 0.970. The van der Waals surface area contributed by atoms with Gasteiger partial charge in [-0.1, -0.05) is 0 Å². The van der Waals surface area contributed by atoms with Gasteiger partial charge in [-0.2, -0.15) is 8.15 Å². The number of hydrogen-bond donors (Lipinski definition) is 0. The van der Waals surface area contributed by atoms with Gasteiger partial charge in [-0.25, -0.2) is 8.42 Å². The predicted octanol–water partition coefficient (Wildman–Crippen LogP) is 2.05. The van der Waals surface area contributed by atoms with Crippen molar-refractivity contribution in [2.24, 2.45) is 0 Å². The Labute approximate surface area is 77.8 Å². The molecule has 10 heteroatoms. The van der Waals surface area contributed by atoms with E-state index in [2.05, 4.69) is 31.9 Å². The number of rotatable bonds is 4. The van der Waals surface area contributed by atoms with Gasteiger partial charge < -0.3 is 0 Å². The van der Waals surface area contributed by atoms with Crippen LogP contribution in [0.3, 0.4) is 0 Å². The van der Waals surface area contributed by atoms with Crippen LogP contribution in [0.4, 0.5) is 0 Å². The molecule has 0 unspecified atom stereocenters. The fourth-order valence-corrected chi connectivity index (χ4v) is 4.14. The van der Waals surface area contributed by atoms with E-state index in [1.165, 1.54) is 0 Å². The second-order valence-corrected chi connectivity index (χ2v) is 7.26. The SMILES string of the molecule is O=P(CS(=O)(=O)Cl)(OCl)OCl. The fraction of sp³-hybridized carbons (Fsp3) is 1.00. The Kier molecular flexibility index (Phi) is 4.65. The minimum atomic E-state index is -4.02. The lowest BCUT2D eigenvalue weighted by molar-refractivity contribution is 0.421. The van der Waals surface area contributed by atoms with Crippen molar-refractivity contribution in [2.45, 2.75) is 0 Å². The molecule has 0 aromatic carbocycles. The third-order valence-electron chi connectivity index (χ3n) is 0.523. The van der Waals surface area contributed by atoms with Crippen LogP contribution in [-0.2, 0) is 21.8 Å². The van der Waals surface area contributed by atoms with Gasteiger partial charge in [-0.05, 0) is 0 Å². The van der Waals surface area contributed by atoms with Crippen LogP contribution in [0.1, 0.15) is 0 Å². The zero-order valence-electron chi connectivity index (χ0n) is 4.74. The lowest BCUT2D eigenvalue weighted by Crippen LogP contribution is -1.98. The van der Waals surface area contributed by atoms with E-state index in [1.54, 1.807) is 0 Å². The molecule has 5 nitrogen and oxygen atoms in total. The lowest BCUT2D eigenvalue weighted by atomic mass is 11.9. The monoisotopic (exact) mass is 262 g/mol. The second-order valence-electron chi connectivity index (χ2n) is 1.42. The van der Waals surface area contributed by atoms with Crippen molar-refractivity contribution >= 4 is 51.1 Å². The van der Waals surface area contributed by atoms with E-state index < -0.39 is 22.1 Å². The molecule has 0 saturated carbocycles. The molecule has 0 rings (SSSR count). The van der Waals surface area contributed by atoms with Gasteiger partial charge in [-0.3, -0.25) is 4.57 Å². The van der Waals surface area contributed by atoms with Gasteiger partial charge >= 0.3 is 7.60 Å². The Bertz CT molecular complexity index is 251. The third kappa shape index (κ3) is 5.25. The van der Waals surface area contributed by atoms with Gasteiger partial charge in [0.15, 0.2) is 5.49 Å². The number of halogens is 3. The van der Waals surface area contributed by atoms with Gasteiger partial charge in [0.05, 0.1) is 23.7 Å². The fourth-order valence-electron chi connectivity index (χ4n) is 0.239. The molecule has 0 aliphatic carbocycles. The zero-order chi connectivity index (χ0) is 9.12. The summed E-state index contributed by atoms with van der Waals surface area (Å²) in [5, 5.41) is 0. The minimum Gasteiger partial charge on any atom is -0.256 e. The van der Waals surface area contributed by atoms with Crippen molar-refractivity contribution in [3.05, 3.63) is 0 Å². The maximum atomic E-state index is 10.8. The van der Waals surface area contributed by atoms with Crippen LogP contribution in [0.25, 0.3) is 0 Å². The van der Waals surface area contributed by atoms with E-state index in [1.807, 2.05) is 0 Å². The first-order valence-electron chi connectivity index (χ1n) is 1.95. The quantitative estimate of drug-likeness (QED) is 0.573. The Balaban J connectivity index is 4.47. The molecule has 0 atom stereocenters. The Morgan fingerprint density at radius 3 is 1.73 bits per heavy atom. The summed E-state index contributed by atoms with van der Waals surface area (Å²) in [6.45, 7) is 0. The molecule has 0 radical (unpaired) electrons. The van der Waals surface area contributed by atoms with Crippen LogP contribution in [0, 0.1) is 0 Å². The highest BCUT2D eigenvalue weighted by Gasteiger charge is 2.31. The molecule has 0 N–H and O–H groups in total. The van der Waals surface area contributed by atoms with Gasteiger partial charge in [0.25, 0.3) is 0 Å². The molecule has 0 spiro atoms. The van der Waals surface area contributed by atoms with Gasteiger partial charge in [-0.15, -0.1) is 0 Å². The van der Waals surface area contributed by atoms with Crippen molar-refractivity contribution in [3.63, 3.8) is 0 Å². The van der Waals surface area contributed by atoms with E-state index in [-0.39, 0.29) is 0 Å². The topological polar surface area (TPSA) is 69.7 Å². The highest BCUT2D eigenvalue weighted by atomic mass is 35.7. The highest BCUT2D eigenvalue weighted by molar-refractivity contribution is 8.17. The molecule has 0 heterocycles. The van der Waals surface area contributed by atoms with Crippen molar-refractivity contribution in [3.8, 4) is 0 Å². The van der Waals surface area contributed by atoms with Crippen molar-refractivity contribution in [1.82, 2.24) is 0 Å². The van der Waals surface area contributed by atoms with Crippen molar-refractivity contribution in [1.29, 1.82) is 0 Å². The molecule has 0 aromatic heterocycles. The molecule has 0 amide bonds. The minimum absolute atomic E-state index is 1.07. The molecule has 0 saturated heterocycles. The average Bonchev–Trinajstić information content (AvgIpc) is 1.84. The van der Waals surface area contributed by atoms with Crippen LogP contribution in [-0.4, -0.2) is 13.9 Å². The highest BCUT2D eigenvalue weighted by Crippen LogP contribution is 2.52. The molecule has 0 aliphatic heterocycles. The summed E-state index contributed by atoms with van der Waals surface area (Å²) in [7, 11) is -3.31. The van der Waals surface area contributed by atoms with E-state index in [0.717, 1.165) is 0 Å². The first kappa shape index (κ1) is 12.0. The summed E-state index contributed by atoms with van der Waals surface area (Å²) in [6, 6.07) is 0. The van der Waals surface area contributed by atoms with Crippen LogP contribution < -0.4 is 0 Å². The first-order chi connectivity index (χ1) is 4.83. The van der Waals surface area contributed by atoms with Crippen LogP contribution in [0.2, 0.25) is 0 Å². The molecular weight excluding hydrogens is 261 g/mol. The lowest BCUT2D eigenvalue weighted by Gasteiger charge is -2.05. The summed E-state index contributed by atoms with van der Waals surface area (Å²) < 4.78 is 38.7. The van der Waals surface area contributed by atoms with Crippen molar-refractivity contribution < 1.29 is 21.1 Å². The molecule has 0 bridgehead atoms. The van der Waals surface area contributed by atoms with Crippen LogP contribution in [0.5, 0.6) is 0 Å². The van der Waals surface area contributed by atoms with Crippen LogP contribution in [0.15, 0.2) is 0 Å². The van der Waals surface area contributed by atoms with Crippen molar-refractivity contribution in [2.75, 3.05) is 5.49 Å². The smallest absolute Gasteiger partial charge is 0.256 e. The summed E-state index contributed by atoms with van der Waals surface area (Å²) in [5.41, 5.74) is -1.07. The molecule has 0 aromatic rings. The van der Waals surface area contributed by atoms with E-state index in [9.17, 15) is 13.0 Å². The zero-order valence-corrected chi connectivity index (χ0v) is 8.72. The number of hydrogen-bond acceptors (Lipinski definition) is 5. The third-order valence-corrected chi connectivity index (χ3v) is 5.58. The van der Waals surface area contributed by atoms with Gasteiger partial charge in [0.1, 0.15) is 0 Å². The summed E-state index contributed by atoms with van der Waals surface area (Å²) >= 11 is 9.24. The van der Waals surface area contributed by atoms with E-state index in [4.69, 9.17) is 10.7 Å². The summed E-state index contributed by atoms with van der Waals surface area (Å²) in [6.07, 6.45) is 0. The second kappa shape index (κ2) is 4.28. The summed E-state index contributed by atoms with van der Waals surface area (Å²) in [5.74, 6) is 0. The molecular formula is CH2Cl3O5PS. The largest absolute Gasteiger partial charge is 0.379 e. The first-order valence-corrected chi connectivity index (χ1v) is 6.77. The molecule has 11 heavy (non-hydrogen) atoms. The van der Waals surface area contributed by atoms with Gasteiger partial charge in [0, 0.05) is 10.7 Å². The van der Waals surface area contributed by atoms with E-state index >= 15 is 0 Å². The molecule has 68 valence electrons. The van der Waals surface area contributed by atoms with Crippen LogP contribution >= 0.6 is 42.0 Å². The predicted molar refractivity (Wildman–Crippen MR) is 41.1 cm³/mol. The Morgan fingerprint density at radius 2 is 1.64 bits per heavy atom. The average molecular weight is 263 g/mol. The Morgan fingerprint density at radius 1 is 1.27 bits per heavy atom. The van der Waals surface area contributed by atoms with E-state index in [0.29, 0.717) is 0 Å². The van der Waals surface area contributed by atoms with Gasteiger partial charge in [0.2, 0.25) is 9.05 Å². The normalized spacial score (nSPS) is 13.4.